The zero-order chi connectivity index (χ0) is 17.2. The number of hydrogen-bond acceptors (Lipinski definition) is 4. The molecule has 8 heteroatoms. The minimum absolute atomic E-state index is 0.0250. The maximum absolute atomic E-state index is 12.5. The van der Waals surface area contributed by atoms with E-state index in [4.69, 9.17) is 4.74 Å². The third-order valence-electron chi connectivity index (χ3n) is 3.24. The summed E-state index contributed by atoms with van der Waals surface area (Å²) in [6.45, 7) is 2.83. The van der Waals surface area contributed by atoms with E-state index >= 15 is 0 Å². The number of esters is 1. The molecule has 1 aromatic carbocycles. The van der Waals surface area contributed by atoms with Gasteiger partial charge >= 0.3 is 12.3 Å². The zero-order valence-electron chi connectivity index (χ0n) is 12.6. The second-order valence-electron chi connectivity index (χ2n) is 5.22. The minimum atomic E-state index is -4.78. The highest BCUT2D eigenvalue weighted by Crippen LogP contribution is 2.31. The second-order valence-corrected chi connectivity index (χ2v) is 5.22. The van der Waals surface area contributed by atoms with Crippen molar-refractivity contribution >= 4 is 11.9 Å². The highest BCUT2D eigenvalue weighted by molar-refractivity contribution is 5.95. The van der Waals surface area contributed by atoms with Crippen LogP contribution in [-0.4, -0.2) is 35.4 Å². The van der Waals surface area contributed by atoms with Gasteiger partial charge in [0, 0.05) is 18.5 Å². The lowest BCUT2D eigenvalue weighted by Crippen LogP contribution is -2.42. The predicted octanol–water partition coefficient (Wildman–Crippen LogP) is 3.10. The zero-order valence-corrected chi connectivity index (χ0v) is 12.6. The van der Waals surface area contributed by atoms with Gasteiger partial charge in [0.25, 0.3) is 5.91 Å². The predicted molar refractivity (Wildman–Crippen MR) is 73.5 cm³/mol. The van der Waals surface area contributed by atoms with Gasteiger partial charge in [0.05, 0.1) is 0 Å². The first-order chi connectivity index (χ1) is 10.7. The molecule has 1 unspecified atom stereocenters. The molecule has 1 aliphatic carbocycles. The Bertz CT molecular complexity index is 581. The fraction of sp³-hybridized carbons (Fsp3) is 0.467. The van der Waals surface area contributed by atoms with Crippen molar-refractivity contribution < 1.29 is 32.2 Å². The van der Waals surface area contributed by atoms with Crippen molar-refractivity contribution in [2.75, 3.05) is 0 Å². The van der Waals surface area contributed by atoms with E-state index in [1.807, 2.05) is 0 Å². The number of carbonyl (C=O) groups excluding carboxylic acids is 2. The third-order valence-corrected chi connectivity index (χ3v) is 3.24. The van der Waals surface area contributed by atoms with Crippen molar-refractivity contribution in [1.82, 2.24) is 4.90 Å². The summed E-state index contributed by atoms with van der Waals surface area (Å²) in [4.78, 5) is 25.0. The maximum Gasteiger partial charge on any atom is 0.573 e. The molecule has 2 rings (SSSR count). The fourth-order valence-corrected chi connectivity index (χ4v) is 2.23. The molecule has 1 atom stereocenters. The largest absolute Gasteiger partial charge is 0.573 e. The smallest absolute Gasteiger partial charge is 0.442 e. The van der Waals surface area contributed by atoms with Gasteiger partial charge < -0.3 is 14.4 Å². The van der Waals surface area contributed by atoms with Gasteiger partial charge in [0.15, 0.2) is 6.23 Å². The number of benzene rings is 1. The van der Waals surface area contributed by atoms with Crippen LogP contribution in [0.3, 0.4) is 0 Å². The Morgan fingerprint density at radius 3 is 2.22 bits per heavy atom. The Labute approximate surface area is 131 Å². The summed E-state index contributed by atoms with van der Waals surface area (Å²) in [5, 5.41) is 0. The van der Waals surface area contributed by atoms with Crippen LogP contribution in [0.5, 0.6) is 5.75 Å². The molecular formula is C15H16F3NO4. The van der Waals surface area contributed by atoms with Crippen molar-refractivity contribution in [1.29, 1.82) is 0 Å². The second kappa shape index (κ2) is 6.47. The van der Waals surface area contributed by atoms with Crippen LogP contribution in [0, 0.1) is 0 Å². The van der Waals surface area contributed by atoms with E-state index in [0.29, 0.717) is 0 Å². The number of hydrogen-bond donors (Lipinski definition) is 0. The summed E-state index contributed by atoms with van der Waals surface area (Å²) >= 11 is 0. The summed E-state index contributed by atoms with van der Waals surface area (Å²) in [5.41, 5.74) is 0.199. The number of ether oxygens (including phenoxy) is 2. The van der Waals surface area contributed by atoms with Gasteiger partial charge in [-0.05, 0) is 44.0 Å². The third kappa shape index (κ3) is 4.87. The van der Waals surface area contributed by atoms with Crippen molar-refractivity contribution in [2.45, 2.75) is 45.3 Å². The molecule has 0 bridgehead atoms. The van der Waals surface area contributed by atoms with E-state index < -0.39 is 30.2 Å². The first kappa shape index (κ1) is 17.1. The molecule has 23 heavy (non-hydrogen) atoms. The van der Waals surface area contributed by atoms with Crippen molar-refractivity contribution in [2.24, 2.45) is 0 Å². The Kier molecular flexibility index (Phi) is 4.82. The SMILES string of the molecule is CC(=O)OC(C)N(C(=O)c1ccc(OC(F)(F)F)cc1)C1CC1. The highest BCUT2D eigenvalue weighted by Gasteiger charge is 2.37. The maximum atomic E-state index is 12.5. The van der Waals surface area contributed by atoms with Crippen LogP contribution >= 0.6 is 0 Å². The van der Waals surface area contributed by atoms with Crippen LogP contribution in [0.4, 0.5) is 13.2 Å². The van der Waals surface area contributed by atoms with Gasteiger partial charge in [-0.3, -0.25) is 9.59 Å². The van der Waals surface area contributed by atoms with Gasteiger partial charge in [-0.1, -0.05) is 0 Å². The Hall–Kier alpha value is -2.25. The molecule has 0 spiro atoms. The van der Waals surface area contributed by atoms with Crippen LogP contribution in [0.25, 0.3) is 0 Å². The van der Waals surface area contributed by atoms with Gasteiger partial charge in [-0.15, -0.1) is 13.2 Å². The number of amides is 1. The lowest BCUT2D eigenvalue weighted by atomic mass is 10.2. The van der Waals surface area contributed by atoms with Crippen LogP contribution in [0.2, 0.25) is 0 Å². The van der Waals surface area contributed by atoms with E-state index in [0.717, 1.165) is 25.0 Å². The molecule has 0 N–H and O–H groups in total. The molecular weight excluding hydrogens is 315 g/mol. The normalized spacial score (nSPS) is 15.7. The average molecular weight is 331 g/mol. The van der Waals surface area contributed by atoms with E-state index in [1.165, 1.54) is 24.0 Å². The van der Waals surface area contributed by atoms with Crippen LogP contribution in [0.15, 0.2) is 24.3 Å². The van der Waals surface area contributed by atoms with Gasteiger partial charge in [-0.2, -0.15) is 0 Å². The van der Waals surface area contributed by atoms with Gasteiger partial charge in [0.1, 0.15) is 5.75 Å². The molecule has 5 nitrogen and oxygen atoms in total. The number of alkyl halides is 3. The van der Waals surface area contributed by atoms with Gasteiger partial charge in [-0.25, -0.2) is 0 Å². The Balaban J connectivity index is 2.12. The fourth-order valence-electron chi connectivity index (χ4n) is 2.23. The topological polar surface area (TPSA) is 55.8 Å². The minimum Gasteiger partial charge on any atom is -0.442 e. The summed E-state index contributed by atoms with van der Waals surface area (Å²) in [7, 11) is 0. The average Bonchev–Trinajstić information content (AvgIpc) is 3.21. The van der Waals surface area contributed by atoms with Crippen molar-refractivity contribution in [3.05, 3.63) is 29.8 Å². The summed E-state index contributed by atoms with van der Waals surface area (Å²) in [5.74, 6) is -1.32. The summed E-state index contributed by atoms with van der Waals surface area (Å²) < 4.78 is 45.2. The number of halogens is 3. The molecule has 126 valence electrons. The van der Waals surface area contributed by atoms with E-state index in [9.17, 15) is 22.8 Å². The standard InChI is InChI=1S/C15H16F3NO4/c1-9(22-10(2)20)19(12-5-6-12)14(21)11-3-7-13(8-4-11)23-15(16,17)18/h3-4,7-9,12H,5-6H2,1-2H3. The lowest BCUT2D eigenvalue weighted by Gasteiger charge is -2.28. The summed E-state index contributed by atoms with van der Waals surface area (Å²) in [6.07, 6.45) is -3.92. The molecule has 1 aromatic rings. The monoisotopic (exact) mass is 331 g/mol. The van der Waals surface area contributed by atoms with Crippen molar-refractivity contribution in [3.63, 3.8) is 0 Å². The van der Waals surface area contributed by atoms with Crippen LogP contribution < -0.4 is 4.74 Å². The summed E-state index contributed by atoms with van der Waals surface area (Å²) in [6, 6.07) is 4.62. The first-order valence-corrected chi connectivity index (χ1v) is 7.03. The molecule has 1 fully saturated rings. The van der Waals surface area contributed by atoms with Crippen LogP contribution in [0.1, 0.15) is 37.0 Å². The Morgan fingerprint density at radius 2 is 1.78 bits per heavy atom. The molecule has 1 amide bonds. The molecule has 1 saturated carbocycles. The molecule has 0 heterocycles. The van der Waals surface area contributed by atoms with Gasteiger partial charge in [0.2, 0.25) is 0 Å². The van der Waals surface area contributed by atoms with E-state index in [2.05, 4.69) is 4.74 Å². The molecule has 0 aromatic heterocycles. The Morgan fingerprint density at radius 1 is 1.22 bits per heavy atom. The molecule has 0 aliphatic heterocycles. The lowest BCUT2D eigenvalue weighted by molar-refractivity contribution is -0.274. The van der Waals surface area contributed by atoms with Crippen molar-refractivity contribution in [3.8, 4) is 5.75 Å². The molecule has 1 aliphatic rings. The number of carbonyl (C=O) groups is 2. The number of rotatable bonds is 5. The highest BCUT2D eigenvalue weighted by atomic mass is 19.4. The van der Waals surface area contributed by atoms with E-state index in [1.54, 1.807) is 6.92 Å². The molecule has 0 saturated heterocycles. The molecule has 0 radical (unpaired) electrons. The first-order valence-electron chi connectivity index (χ1n) is 7.03. The van der Waals surface area contributed by atoms with E-state index in [-0.39, 0.29) is 11.6 Å². The number of nitrogens with zero attached hydrogens (tertiary/aromatic N) is 1. The van der Waals surface area contributed by atoms with Crippen LogP contribution in [-0.2, 0) is 9.53 Å². The quantitative estimate of drug-likeness (QED) is 0.614.